The van der Waals surface area contributed by atoms with Gasteiger partial charge >= 0.3 is 0 Å². The zero-order valence-corrected chi connectivity index (χ0v) is 14.8. The fraction of sp³-hybridized carbons (Fsp3) is 0.421. The Morgan fingerprint density at radius 2 is 2.08 bits per heavy atom. The molecule has 1 aliphatic carbocycles. The highest BCUT2D eigenvalue weighted by Crippen LogP contribution is 2.30. The maximum Gasteiger partial charge on any atom is 0.153 e. The first-order valence-electron chi connectivity index (χ1n) is 9.12. The van der Waals surface area contributed by atoms with Crippen LogP contribution in [0.3, 0.4) is 0 Å². The van der Waals surface area contributed by atoms with Gasteiger partial charge in [-0.05, 0) is 44.6 Å². The Morgan fingerprint density at radius 1 is 1.23 bits per heavy atom. The van der Waals surface area contributed by atoms with Crippen molar-refractivity contribution in [2.45, 2.75) is 45.1 Å². The van der Waals surface area contributed by atoms with Crippen molar-refractivity contribution in [1.82, 2.24) is 20.2 Å². The second kappa shape index (κ2) is 7.08. The summed E-state index contributed by atoms with van der Waals surface area (Å²) in [6.45, 7) is 1.97. The standard InChI is InChI=1S/C19H23N7/c1-12-10-18(26-25-12)24-19-15-7-9-21-16(15)11-17(23-19)22-14-4-2-13(3-5-14)6-8-20/h7,9-11,13-14,21H,2-6H2,1H3,(H3,22,23,24,25,26). The summed E-state index contributed by atoms with van der Waals surface area (Å²) >= 11 is 0. The molecule has 0 amide bonds. The molecule has 0 unspecified atom stereocenters. The highest BCUT2D eigenvalue weighted by atomic mass is 15.2. The topological polar surface area (TPSA) is 105 Å². The molecule has 3 aromatic rings. The van der Waals surface area contributed by atoms with Gasteiger partial charge in [-0.3, -0.25) is 5.10 Å². The summed E-state index contributed by atoms with van der Waals surface area (Å²) in [4.78, 5) is 8.05. The lowest BCUT2D eigenvalue weighted by Gasteiger charge is -2.28. The average molecular weight is 349 g/mol. The summed E-state index contributed by atoms with van der Waals surface area (Å²) in [6, 6.07) is 8.73. The number of aromatic nitrogens is 4. The number of hydrogen-bond donors (Lipinski definition) is 4. The summed E-state index contributed by atoms with van der Waals surface area (Å²) in [5.41, 5.74) is 2.04. The predicted molar refractivity (Wildman–Crippen MR) is 102 cm³/mol. The minimum atomic E-state index is 0.408. The number of hydrogen-bond acceptors (Lipinski definition) is 5. The third-order valence-electron chi connectivity index (χ3n) is 5.08. The molecule has 4 rings (SSSR count). The molecule has 0 aromatic carbocycles. The minimum Gasteiger partial charge on any atom is -0.367 e. The average Bonchev–Trinajstić information content (AvgIpc) is 3.26. The molecular weight excluding hydrogens is 326 g/mol. The Kier molecular flexibility index (Phi) is 4.48. The van der Waals surface area contributed by atoms with Gasteiger partial charge in [0.15, 0.2) is 5.82 Å². The van der Waals surface area contributed by atoms with Crippen LogP contribution in [0.2, 0.25) is 0 Å². The van der Waals surface area contributed by atoms with Crippen LogP contribution in [0.15, 0.2) is 24.4 Å². The number of nitrogens with one attached hydrogen (secondary N) is 4. The SMILES string of the molecule is Cc1cc(Nc2nc(NC3CCC(CC#N)CC3)cc3[nH]ccc23)n[nH]1. The van der Waals surface area contributed by atoms with E-state index < -0.39 is 0 Å². The van der Waals surface area contributed by atoms with Gasteiger partial charge in [0, 0.05) is 41.9 Å². The van der Waals surface area contributed by atoms with Gasteiger partial charge in [0.05, 0.1) is 11.6 Å². The number of rotatable bonds is 5. The summed E-state index contributed by atoms with van der Waals surface area (Å²) in [7, 11) is 0. The Labute approximate surface area is 152 Å². The monoisotopic (exact) mass is 349 g/mol. The molecule has 4 N–H and O–H groups in total. The van der Waals surface area contributed by atoms with Crippen LogP contribution >= 0.6 is 0 Å². The van der Waals surface area contributed by atoms with E-state index in [0.29, 0.717) is 18.4 Å². The lowest BCUT2D eigenvalue weighted by Crippen LogP contribution is -2.26. The van der Waals surface area contributed by atoms with Crippen LogP contribution in [0.4, 0.5) is 17.5 Å². The van der Waals surface area contributed by atoms with E-state index in [-0.39, 0.29) is 0 Å². The van der Waals surface area contributed by atoms with Gasteiger partial charge in [-0.25, -0.2) is 4.98 Å². The fourth-order valence-electron chi connectivity index (χ4n) is 3.68. The van der Waals surface area contributed by atoms with Crippen LogP contribution in [0.5, 0.6) is 0 Å². The molecule has 1 fully saturated rings. The summed E-state index contributed by atoms with van der Waals surface area (Å²) < 4.78 is 0. The van der Waals surface area contributed by atoms with Crippen LogP contribution in [0, 0.1) is 24.2 Å². The normalized spacial score (nSPS) is 20.0. The van der Waals surface area contributed by atoms with E-state index in [0.717, 1.165) is 59.7 Å². The van der Waals surface area contributed by atoms with Gasteiger partial charge in [-0.15, -0.1) is 0 Å². The Hall–Kier alpha value is -3.01. The zero-order chi connectivity index (χ0) is 17.9. The van der Waals surface area contributed by atoms with Crippen molar-refractivity contribution >= 4 is 28.4 Å². The Balaban J connectivity index is 1.52. The number of aromatic amines is 2. The van der Waals surface area contributed by atoms with Crippen molar-refractivity contribution in [3.63, 3.8) is 0 Å². The van der Waals surface area contributed by atoms with Gasteiger partial charge in [-0.1, -0.05) is 0 Å². The van der Waals surface area contributed by atoms with Gasteiger partial charge in [0.2, 0.25) is 0 Å². The van der Waals surface area contributed by atoms with E-state index >= 15 is 0 Å². The predicted octanol–water partition coefficient (Wildman–Crippen LogP) is 4.22. The summed E-state index contributed by atoms with van der Waals surface area (Å²) in [6.07, 6.45) is 6.97. The van der Waals surface area contributed by atoms with Gasteiger partial charge < -0.3 is 15.6 Å². The molecule has 0 atom stereocenters. The van der Waals surface area contributed by atoms with Crippen LogP contribution in [0.25, 0.3) is 10.9 Å². The first kappa shape index (κ1) is 16.5. The molecule has 0 bridgehead atoms. The third-order valence-corrected chi connectivity index (χ3v) is 5.08. The number of pyridine rings is 1. The molecule has 7 nitrogen and oxygen atoms in total. The molecule has 7 heteroatoms. The van der Waals surface area contributed by atoms with Gasteiger partial charge in [0.1, 0.15) is 11.6 Å². The van der Waals surface area contributed by atoms with Crippen LogP contribution in [-0.2, 0) is 0 Å². The first-order chi connectivity index (χ1) is 12.7. The fourth-order valence-corrected chi connectivity index (χ4v) is 3.68. The maximum atomic E-state index is 8.86. The van der Waals surface area contributed by atoms with Crippen molar-refractivity contribution < 1.29 is 0 Å². The molecule has 0 aliphatic heterocycles. The first-order valence-corrected chi connectivity index (χ1v) is 9.12. The molecule has 3 aromatic heterocycles. The molecule has 0 saturated heterocycles. The maximum absolute atomic E-state index is 8.86. The number of nitriles is 1. The van der Waals surface area contributed by atoms with Crippen LogP contribution in [-0.4, -0.2) is 26.2 Å². The summed E-state index contributed by atoms with van der Waals surface area (Å²) in [5, 5.41) is 24.0. The molecular formula is C19H23N7. The van der Waals surface area contributed by atoms with Gasteiger partial charge in [-0.2, -0.15) is 10.4 Å². The number of H-pyrrole nitrogens is 2. The Morgan fingerprint density at radius 3 is 2.81 bits per heavy atom. The largest absolute Gasteiger partial charge is 0.367 e. The van der Waals surface area contributed by atoms with E-state index in [1.165, 1.54) is 0 Å². The lowest BCUT2D eigenvalue weighted by molar-refractivity contribution is 0.342. The molecule has 134 valence electrons. The molecule has 1 aliphatic rings. The number of fused-ring (bicyclic) bond motifs is 1. The second-order valence-corrected chi connectivity index (χ2v) is 7.08. The number of anilines is 3. The Bertz CT molecular complexity index is 925. The minimum absolute atomic E-state index is 0.408. The highest BCUT2D eigenvalue weighted by molar-refractivity contribution is 5.93. The quantitative estimate of drug-likeness (QED) is 0.552. The van der Waals surface area contributed by atoms with Crippen molar-refractivity contribution in [3.8, 4) is 6.07 Å². The van der Waals surface area contributed by atoms with Crippen molar-refractivity contribution in [2.24, 2.45) is 5.92 Å². The summed E-state index contributed by atoms with van der Waals surface area (Å²) in [5.74, 6) is 2.96. The van der Waals surface area contributed by atoms with Crippen molar-refractivity contribution in [2.75, 3.05) is 10.6 Å². The molecule has 0 spiro atoms. The van der Waals surface area contributed by atoms with Crippen LogP contribution in [0.1, 0.15) is 37.8 Å². The third kappa shape index (κ3) is 3.49. The second-order valence-electron chi connectivity index (χ2n) is 7.08. The lowest BCUT2D eigenvalue weighted by atomic mass is 9.84. The van der Waals surface area contributed by atoms with Crippen LogP contribution < -0.4 is 10.6 Å². The zero-order valence-electron chi connectivity index (χ0n) is 14.8. The molecule has 0 radical (unpaired) electrons. The number of aryl methyl sites for hydroxylation is 1. The van der Waals surface area contributed by atoms with E-state index in [9.17, 15) is 0 Å². The molecule has 3 heterocycles. The highest BCUT2D eigenvalue weighted by Gasteiger charge is 2.21. The van der Waals surface area contributed by atoms with Gasteiger partial charge in [0.25, 0.3) is 0 Å². The van der Waals surface area contributed by atoms with E-state index in [1.807, 2.05) is 25.3 Å². The van der Waals surface area contributed by atoms with Crippen molar-refractivity contribution in [1.29, 1.82) is 5.26 Å². The van der Waals surface area contributed by atoms with E-state index in [2.05, 4.69) is 38.0 Å². The molecule has 1 saturated carbocycles. The smallest absolute Gasteiger partial charge is 0.153 e. The van der Waals surface area contributed by atoms with Crippen molar-refractivity contribution in [3.05, 3.63) is 30.1 Å². The van der Waals surface area contributed by atoms with E-state index in [1.54, 1.807) is 0 Å². The van der Waals surface area contributed by atoms with E-state index in [4.69, 9.17) is 10.2 Å². The number of nitrogens with zero attached hydrogens (tertiary/aromatic N) is 3. The molecule has 26 heavy (non-hydrogen) atoms.